The second kappa shape index (κ2) is 11.3. The number of carbonyl (C=O) groups excluding carboxylic acids is 2. The number of hydrogen-bond acceptors (Lipinski definition) is 5. The maximum Gasteiger partial charge on any atom is 0.318 e. The van der Waals surface area contributed by atoms with Gasteiger partial charge in [0.25, 0.3) is 0 Å². The summed E-state index contributed by atoms with van der Waals surface area (Å²) in [5.74, 6) is 1.07. The van der Waals surface area contributed by atoms with E-state index in [-0.39, 0.29) is 24.4 Å². The lowest BCUT2D eigenvalue weighted by atomic mass is 10.1. The van der Waals surface area contributed by atoms with Crippen LogP contribution in [-0.2, 0) is 4.79 Å². The van der Waals surface area contributed by atoms with Crippen molar-refractivity contribution in [3.05, 3.63) is 53.7 Å². The molecule has 1 aromatic heterocycles. The predicted molar refractivity (Wildman–Crippen MR) is 141 cm³/mol. The second-order valence-corrected chi connectivity index (χ2v) is 9.58. The van der Waals surface area contributed by atoms with Crippen molar-refractivity contribution in [3.63, 3.8) is 0 Å². The molecular formula is C26H32ClN5O4. The van der Waals surface area contributed by atoms with Crippen molar-refractivity contribution < 1.29 is 19.1 Å². The van der Waals surface area contributed by atoms with Crippen LogP contribution in [0.1, 0.15) is 27.7 Å². The molecule has 0 aliphatic heterocycles. The Morgan fingerprint density at radius 1 is 1.06 bits per heavy atom. The van der Waals surface area contributed by atoms with Gasteiger partial charge in [-0.05, 0) is 39.8 Å². The molecule has 0 saturated carbocycles. The van der Waals surface area contributed by atoms with Crippen molar-refractivity contribution in [1.82, 2.24) is 19.8 Å². The number of hydrogen-bond donors (Lipinski definition) is 2. The highest BCUT2D eigenvalue weighted by Gasteiger charge is 2.22. The molecule has 3 amide bonds. The lowest BCUT2D eigenvalue weighted by Crippen LogP contribution is -2.50. The molecule has 2 aromatic carbocycles. The minimum Gasteiger partial charge on any atom is -0.497 e. The van der Waals surface area contributed by atoms with Gasteiger partial charge in [-0.3, -0.25) is 14.7 Å². The first-order valence-corrected chi connectivity index (χ1v) is 11.9. The lowest BCUT2D eigenvalue weighted by Gasteiger charge is -2.27. The number of nitrogens with one attached hydrogen (secondary N) is 2. The number of halogens is 1. The summed E-state index contributed by atoms with van der Waals surface area (Å²) in [6, 6.07) is 12.3. The van der Waals surface area contributed by atoms with Gasteiger partial charge in [-0.15, -0.1) is 0 Å². The number of likely N-dealkylation sites (N-methyl/N-ethyl adjacent to an activating group) is 1. The van der Waals surface area contributed by atoms with E-state index in [1.807, 2.05) is 39.8 Å². The van der Waals surface area contributed by atoms with Gasteiger partial charge in [0, 0.05) is 47.1 Å². The van der Waals surface area contributed by atoms with E-state index in [9.17, 15) is 9.59 Å². The molecule has 0 unspecified atom stereocenters. The van der Waals surface area contributed by atoms with Gasteiger partial charge in [-0.25, -0.2) is 9.78 Å². The van der Waals surface area contributed by atoms with Crippen LogP contribution in [-0.4, -0.2) is 59.2 Å². The number of nitrogens with zero attached hydrogens (tertiary/aromatic N) is 3. The summed E-state index contributed by atoms with van der Waals surface area (Å²) in [4.78, 5) is 31.7. The first-order valence-electron chi connectivity index (χ1n) is 11.5. The topological polar surface area (TPSA) is 97.7 Å². The van der Waals surface area contributed by atoms with E-state index < -0.39 is 5.54 Å². The van der Waals surface area contributed by atoms with E-state index in [4.69, 9.17) is 21.1 Å². The van der Waals surface area contributed by atoms with E-state index in [1.54, 1.807) is 55.3 Å². The first-order chi connectivity index (χ1) is 17.0. The minimum absolute atomic E-state index is 0.136. The maximum atomic E-state index is 13.0. The van der Waals surface area contributed by atoms with Crippen LogP contribution < -0.4 is 20.1 Å². The number of benzene rings is 2. The number of imidazole rings is 1. The van der Waals surface area contributed by atoms with E-state index in [2.05, 4.69) is 15.6 Å². The molecule has 2 N–H and O–H groups in total. The standard InChI is InChI=1S/C26H32ClN5O4/c1-7-31(25(34)30-26(2,3)4)16-23(33)29-24-28-22(17-8-10-18(27)11-9-17)15-32(24)19-12-20(35-5)14-21(13-19)36-6/h8-15H,7,16H2,1-6H3,(H,30,34)(H,28,29,33). The van der Waals surface area contributed by atoms with Gasteiger partial charge in [0.15, 0.2) is 0 Å². The van der Waals surface area contributed by atoms with E-state index >= 15 is 0 Å². The maximum absolute atomic E-state index is 13.0. The minimum atomic E-state index is -0.420. The van der Waals surface area contributed by atoms with E-state index in [0.29, 0.717) is 34.4 Å². The average Bonchev–Trinajstić information content (AvgIpc) is 3.24. The molecule has 0 saturated heterocycles. The number of anilines is 1. The molecule has 0 spiro atoms. The van der Waals surface area contributed by atoms with Crippen molar-refractivity contribution in [3.8, 4) is 28.4 Å². The number of urea groups is 1. The number of ether oxygens (including phenoxy) is 2. The summed E-state index contributed by atoms with van der Waals surface area (Å²) < 4.78 is 12.6. The summed E-state index contributed by atoms with van der Waals surface area (Å²) in [6.07, 6.45) is 1.80. The van der Waals surface area contributed by atoms with Crippen molar-refractivity contribution >= 4 is 29.5 Å². The molecule has 0 atom stereocenters. The highest BCUT2D eigenvalue weighted by Crippen LogP contribution is 2.30. The van der Waals surface area contributed by atoms with Crippen LogP contribution >= 0.6 is 11.6 Å². The van der Waals surface area contributed by atoms with Crippen LogP contribution in [0.15, 0.2) is 48.7 Å². The number of carbonyl (C=O) groups is 2. The third-order valence-electron chi connectivity index (χ3n) is 5.20. The molecule has 0 aliphatic carbocycles. The Balaban J connectivity index is 1.96. The van der Waals surface area contributed by atoms with Gasteiger partial charge in [-0.1, -0.05) is 23.7 Å². The Morgan fingerprint density at radius 3 is 2.19 bits per heavy atom. The molecule has 3 rings (SSSR count). The Hall–Kier alpha value is -3.72. The van der Waals surface area contributed by atoms with Gasteiger partial charge in [0.05, 0.1) is 25.6 Å². The summed E-state index contributed by atoms with van der Waals surface area (Å²) in [6.45, 7) is 7.70. The summed E-state index contributed by atoms with van der Waals surface area (Å²) in [5, 5.41) is 6.34. The van der Waals surface area contributed by atoms with Crippen LogP contribution in [0.25, 0.3) is 16.9 Å². The fourth-order valence-electron chi connectivity index (χ4n) is 3.42. The molecule has 1 heterocycles. The molecule has 0 fully saturated rings. The largest absolute Gasteiger partial charge is 0.497 e. The molecule has 36 heavy (non-hydrogen) atoms. The quantitative estimate of drug-likeness (QED) is 0.443. The van der Waals surface area contributed by atoms with E-state index in [0.717, 1.165) is 5.56 Å². The molecular weight excluding hydrogens is 482 g/mol. The van der Waals surface area contributed by atoms with Crippen molar-refractivity contribution in [2.24, 2.45) is 0 Å². The summed E-state index contributed by atoms with van der Waals surface area (Å²) in [7, 11) is 3.13. The Labute approximate surface area is 216 Å². The number of methoxy groups -OCH3 is 2. The van der Waals surface area contributed by atoms with Gasteiger partial charge in [0.1, 0.15) is 18.0 Å². The summed E-state index contributed by atoms with van der Waals surface area (Å²) >= 11 is 6.05. The molecule has 3 aromatic rings. The molecule has 9 nitrogen and oxygen atoms in total. The zero-order valence-corrected chi connectivity index (χ0v) is 22.1. The highest BCUT2D eigenvalue weighted by molar-refractivity contribution is 6.30. The normalized spacial score (nSPS) is 11.1. The van der Waals surface area contributed by atoms with Crippen LogP contribution in [0.5, 0.6) is 11.5 Å². The smallest absolute Gasteiger partial charge is 0.318 e. The Bertz CT molecular complexity index is 1200. The zero-order valence-electron chi connectivity index (χ0n) is 21.4. The third kappa shape index (κ3) is 6.91. The highest BCUT2D eigenvalue weighted by atomic mass is 35.5. The van der Waals surface area contributed by atoms with Crippen LogP contribution in [0, 0.1) is 0 Å². The van der Waals surface area contributed by atoms with Crippen molar-refractivity contribution in [2.75, 3.05) is 32.6 Å². The van der Waals surface area contributed by atoms with Gasteiger partial charge >= 0.3 is 6.03 Å². The van der Waals surface area contributed by atoms with Crippen LogP contribution in [0.3, 0.4) is 0 Å². The SMILES string of the molecule is CCN(CC(=O)Nc1nc(-c2ccc(Cl)cc2)cn1-c1cc(OC)cc(OC)c1)C(=O)NC(C)(C)C. The van der Waals surface area contributed by atoms with Gasteiger partial charge in [-0.2, -0.15) is 0 Å². The first kappa shape index (κ1) is 26.9. The van der Waals surface area contributed by atoms with Gasteiger partial charge < -0.3 is 19.7 Å². The Kier molecular flexibility index (Phi) is 8.47. The van der Waals surface area contributed by atoms with Crippen molar-refractivity contribution in [2.45, 2.75) is 33.2 Å². The molecule has 10 heteroatoms. The molecule has 0 bridgehead atoms. The van der Waals surface area contributed by atoms with Crippen molar-refractivity contribution in [1.29, 1.82) is 0 Å². The predicted octanol–water partition coefficient (Wildman–Crippen LogP) is 4.98. The third-order valence-corrected chi connectivity index (χ3v) is 5.45. The van der Waals surface area contributed by atoms with Crippen LogP contribution in [0.2, 0.25) is 5.02 Å². The Morgan fingerprint density at radius 2 is 1.67 bits per heavy atom. The van der Waals surface area contributed by atoms with Crippen LogP contribution in [0.4, 0.5) is 10.7 Å². The fraction of sp³-hybridized carbons (Fsp3) is 0.346. The summed E-state index contributed by atoms with van der Waals surface area (Å²) in [5.41, 5.74) is 1.70. The molecule has 192 valence electrons. The molecule has 0 aliphatic rings. The number of rotatable bonds is 8. The number of amides is 3. The monoisotopic (exact) mass is 513 g/mol. The second-order valence-electron chi connectivity index (χ2n) is 9.14. The van der Waals surface area contributed by atoms with E-state index in [1.165, 1.54) is 4.90 Å². The lowest BCUT2D eigenvalue weighted by molar-refractivity contribution is -0.116. The van der Waals surface area contributed by atoms with Gasteiger partial charge in [0.2, 0.25) is 11.9 Å². The molecule has 0 radical (unpaired) electrons. The average molecular weight is 514 g/mol. The zero-order chi connectivity index (χ0) is 26.5. The number of aromatic nitrogens is 2. The fourth-order valence-corrected chi connectivity index (χ4v) is 3.55.